The highest BCUT2D eigenvalue weighted by Gasteiger charge is 2.34. The Bertz CT molecular complexity index is 261. The number of rotatable bonds is 3. The van der Waals surface area contributed by atoms with Crippen LogP contribution in [0.5, 0.6) is 0 Å². The molecule has 2 aliphatic rings. The summed E-state index contributed by atoms with van der Waals surface area (Å²) in [6.45, 7) is 3.75. The second kappa shape index (κ2) is 3.76. The summed E-state index contributed by atoms with van der Waals surface area (Å²) < 4.78 is 0. The molecule has 1 N–H and O–H groups in total. The Morgan fingerprint density at radius 3 is 2.73 bits per heavy atom. The Morgan fingerprint density at radius 2 is 2.27 bits per heavy atom. The first kappa shape index (κ1) is 10.9. The molecule has 4 nitrogen and oxygen atoms in total. The molecule has 1 amide bonds. The topological polar surface area (TPSA) is 43.8 Å². The van der Waals surface area contributed by atoms with Gasteiger partial charge in [0.2, 0.25) is 5.91 Å². The molecule has 0 aromatic carbocycles. The molecular formula is C11H20N2O2. The van der Waals surface area contributed by atoms with E-state index in [1.807, 2.05) is 23.8 Å². The number of amides is 1. The number of β-amino-alcohol motifs (C(OH)–C–C–N with tert-alkyl or cyclic N) is 1. The van der Waals surface area contributed by atoms with Crippen LogP contribution < -0.4 is 0 Å². The Hall–Kier alpha value is -0.610. The lowest BCUT2D eigenvalue weighted by atomic mass is 10.1. The molecule has 1 unspecified atom stereocenters. The minimum absolute atomic E-state index is 0.190. The molecule has 0 spiro atoms. The summed E-state index contributed by atoms with van der Waals surface area (Å²) in [5.41, 5.74) is -0.599. The normalized spacial score (nSPS) is 31.9. The highest BCUT2D eigenvalue weighted by Crippen LogP contribution is 2.26. The summed E-state index contributed by atoms with van der Waals surface area (Å²) in [5.74, 6) is 0.190. The molecule has 1 aliphatic carbocycles. The van der Waals surface area contributed by atoms with E-state index in [0.29, 0.717) is 19.1 Å². The van der Waals surface area contributed by atoms with Gasteiger partial charge >= 0.3 is 0 Å². The minimum Gasteiger partial charge on any atom is -0.389 e. The van der Waals surface area contributed by atoms with Gasteiger partial charge < -0.3 is 10.0 Å². The zero-order valence-corrected chi connectivity index (χ0v) is 9.57. The zero-order chi connectivity index (χ0) is 11.1. The van der Waals surface area contributed by atoms with E-state index in [2.05, 4.69) is 0 Å². The second-order valence-electron chi connectivity index (χ2n) is 5.19. The van der Waals surface area contributed by atoms with Crippen molar-refractivity contribution in [3.05, 3.63) is 0 Å². The fourth-order valence-electron chi connectivity index (χ4n) is 2.14. The molecule has 15 heavy (non-hydrogen) atoms. The quantitative estimate of drug-likeness (QED) is 0.719. The van der Waals surface area contributed by atoms with Crippen molar-refractivity contribution in [2.45, 2.75) is 37.8 Å². The molecule has 1 saturated carbocycles. The van der Waals surface area contributed by atoms with Crippen LogP contribution in [0.2, 0.25) is 0 Å². The van der Waals surface area contributed by atoms with Crippen molar-refractivity contribution in [2.24, 2.45) is 0 Å². The van der Waals surface area contributed by atoms with Gasteiger partial charge in [-0.15, -0.1) is 0 Å². The molecule has 1 aliphatic heterocycles. The van der Waals surface area contributed by atoms with Crippen molar-refractivity contribution in [3.8, 4) is 0 Å². The van der Waals surface area contributed by atoms with Gasteiger partial charge in [0.25, 0.3) is 0 Å². The molecule has 1 saturated heterocycles. The first-order chi connectivity index (χ1) is 6.98. The van der Waals surface area contributed by atoms with Gasteiger partial charge in [-0.25, -0.2) is 0 Å². The molecule has 4 heteroatoms. The molecule has 86 valence electrons. The Kier molecular flexibility index (Phi) is 2.73. The number of likely N-dealkylation sites (N-methyl/N-ethyl adjacent to an activating group) is 1. The molecule has 2 fully saturated rings. The third kappa shape index (κ3) is 2.69. The van der Waals surface area contributed by atoms with Gasteiger partial charge in [0.1, 0.15) is 0 Å². The first-order valence-electron chi connectivity index (χ1n) is 5.68. The monoisotopic (exact) mass is 212 g/mol. The third-order valence-electron chi connectivity index (χ3n) is 3.38. The van der Waals surface area contributed by atoms with Crippen LogP contribution in [0.4, 0.5) is 0 Å². The lowest BCUT2D eigenvalue weighted by Crippen LogP contribution is -2.40. The van der Waals surface area contributed by atoms with Crippen LogP contribution in [0.25, 0.3) is 0 Å². The summed E-state index contributed by atoms with van der Waals surface area (Å²) in [5, 5.41) is 9.77. The Labute approximate surface area is 90.9 Å². The number of hydrogen-bond acceptors (Lipinski definition) is 3. The van der Waals surface area contributed by atoms with Crippen molar-refractivity contribution in [3.63, 3.8) is 0 Å². The van der Waals surface area contributed by atoms with E-state index >= 15 is 0 Å². The molecule has 0 bridgehead atoms. The van der Waals surface area contributed by atoms with E-state index in [9.17, 15) is 9.90 Å². The van der Waals surface area contributed by atoms with Crippen molar-refractivity contribution < 1.29 is 9.90 Å². The average molecular weight is 212 g/mol. The van der Waals surface area contributed by atoms with Crippen molar-refractivity contribution in [2.75, 3.05) is 26.7 Å². The fourth-order valence-corrected chi connectivity index (χ4v) is 2.14. The number of nitrogens with zero attached hydrogens (tertiary/aromatic N) is 2. The predicted molar refractivity (Wildman–Crippen MR) is 57.5 cm³/mol. The van der Waals surface area contributed by atoms with Crippen molar-refractivity contribution >= 4 is 5.91 Å². The lowest BCUT2D eigenvalue weighted by molar-refractivity contribution is -0.131. The predicted octanol–water partition coefficient (Wildman–Crippen LogP) is 0.0639. The van der Waals surface area contributed by atoms with E-state index in [1.54, 1.807) is 0 Å². The highest BCUT2D eigenvalue weighted by molar-refractivity contribution is 5.78. The van der Waals surface area contributed by atoms with Crippen LogP contribution in [0.1, 0.15) is 26.2 Å². The Balaban J connectivity index is 1.79. The lowest BCUT2D eigenvalue weighted by Gasteiger charge is -2.22. The van der Waals surface area contributed by atoms with Gasteiger partial charge in [0.15, 0.2) is 0 Å². The van der Waals surface area contributed by atoms with Gasteiger partial charge in [-0.3, -0.25) is 9.69 Å². The maximum absolute atomic E-state index is 11.8. The summed E-state index contributed by atoms with van der Waals surface area (Å²) in [4.78, 5) is 15.7. The second-order valence-corrected chi connectivity index (χ2v) is 5.19. The minimum atomic E-state index is -0.599. The zero-order valence-electron chi connectivity index (χ0n) is 9.57. The summed E-state index contributed by atoms with van der Waals surface area (Å²) >= 11 is 0. The number of hydrogen-bond donors (Lipinski definition) is 1. The van der Waals surface area contributed by atoms with E-state index in [4.69, 9.17) is 0 Å². The third-order valence-corrected chi connectivity index (χ3v) is 3.38. The number of carbonyl (C=O) groups is 1. The van der Waals surface area contributed by atoms with E-state index in [-0.39, 0.29) is 5.91 Å². The molecule has 1 heterocycles. The van der Waals surface area contributed by atoms with Gasteiger partial charge in [0, 0.05) is 26.2 Å². The molecule has 0 radical (unpaired) electrons. The van der Waals surface area contributed by atoms with Crippen LogP contribution in [0.3, 0.4) is 0 Å². The van der Waals surface area contributed by atoms with Gasteiger partial charge in [-0.2, -0.15) is 0 Å². The van der Waals surface area contributed by atoms with Crippen LogP contribution in [-0.2, 0) is 4.79 Å². The average Bonchev–Trinajstić information content (AvgIpc) is 2.91. The maximum atomic E-state index is 11.8. The Morgan fingerprint density at radius 1 is 1.60 bits per heavy atom. The van der Waals surface area contributed by atoms with Crippen LogP contribution in [0, 0.1) is 0 Å². The first-order valence-corrected chi connectivity index (χ1v) is 5.68. The summed E-state index contributed by atoms with van der Waals surface area (Å²) in [6, 6.07) is 0.487. The van der Waals surface area contributed by atoms with Crippen LogP contribution in [-0.4, -0.2) is 59.1 Å². The fraction of sp³-hybridized carbons (Fsp3) is 0.909. The van der Waals surface area contributed by atoms with Crippen LogP contribution >= 0.6 is 0 Å². The summed E-state index contributed by atoms with van der Waals surface area (Å²) in [7, 11) is 1.88. The van der Waals surface area contributed by atoms with Gasteiger partial charge in [-0.1, -0.05) is 0 Å². The molecule has 2 rings (SSSR count). The smallest absolute Gasteiger partial charge is 0.236 e. The van der Waals surface area contributed by atoms with E-state index < -0.39 is 5.60 Å². The molecule has 0 aromatic rings. The molecule has 0 aromatic heterocycles. The summed E-state index contributed by atoms with van der Waals surface area (Å²) in [6.07, 6.45) is 3.08. The highest BCUT2D eigenvalue weighted by atomic mass is 16.3. The SMILES string of the molecule is CN(C(=O)CN1CCC(C)(O)C1)C1CC1. The van der Waals surface area contributed by atoms with Crippen LogP contribution in [0.15, 0.2) is 0 Å². The number of aliphatic hydroxyl groups is 1. The number of carbonyl (C=O) groups excluding carboxylic acids is 1. The van der Waals surface area contributed by atoms with E-state index in [0.717, 1.165) is 25.8 Å². The van der Waals surface area contributed by atoms with E-state index in [1.165, 1.54) is 0 Å². The maximum Gasteiger partial charge on any atom is 0.236 e. The standard InChI is InChI=1S/C11H20N2O2/c1-11(15)5-6-13(8-11)7-10(14)12(2)9-3-4-9/h9,15H,3-8H2,1-2H3. The van der Waals surface area contributed by atoms with Gasteiger partial charge in [0.05, 0.1) is 12.1 Å². The largest absolute Gasteiger partial charge is 0.389 e. The molecule has 1 atom stereocenters. The van der Waals surface area contributed by atoms with Crippen molar-refractivity contribution in [1.29, 1.82) is 0 Å². The molecular weight excluding hydrogens is 192 g/mol. The number of likely N-dealkylation sites (tertiary alicyclic amines) is 1. The van der Waals surface area contributed by atoms with Gasteiger partial charge in [-0.05, 0) is 26.2 Å². The van der Waals surface area contributed by atoms with Crippen molar-refractivity contribution in [1.82, 2.24) is 9.80 Å².